The molecule has 0 spiro atoms. The van der Waals surface area contributed by atoms with Crippen molar-refractivity contribution >= 4 is 34.2 Å². The van der Waals surface area contributed by atoms with Gasteiger partial charge >= 0.3 is 6.18 Å². The van der Waals surface area contributed by atoms with E-state index in [1.54, 1.807) is 47.7 Å². The van der Waals surface area contributed by atoms with Crippen LogP contribution in [0.1, 0.15) is 11.3 Å². The van der Waals surface area contributed by atoms with Gasteiger partial charge in [0.15, 0.2) is 3.83 Å². The Kier molecular flexibility index (Phi) is 4.00. The van der Waals surface area contributed by atoms with Crippen LogP contribution >= 0.6 is 34.2 Å². The molecule has 0 unspecified atom stereocenters. The topological polar surface area (TPSA) is 25.8 Å². The number of rotatable bonds is 1. The molecule has 0 aliphatic carbocycles. The van der Waals surface area contributed by atoms with E-state index in [-0.39, 0.29) is 9.53 Å². The predicted molar refractivity (Wildman–Crippen MR) is 74.9 cm³/mol. The van der Waals surface area contributed by atoms with E-state index in [9.17, 15) is 13.2 Å². The number of halogens is 5. The maximum absolute atomic E-state index is 12.7. The summed E-state index contributed by atoms with van der Waals surface area (Å²) >= 11 is 7.55. The van der Waals surface area contributed by atoms with Crippen molar-refractivity contribution in [1.29, 1.82) is 0 Å². The third-order valence-corrected chi connectivity index (χ3v) is 3.35. The van der Waals surface area contributed by atoms with Gasteiger partial charge in [-0.1, -0.05) is 17.7 Å². The monoisotopic (exact) mass is 398 g/mol. The minimum atomic E-state index is -4.49. The van der Waals surface area contributed by atoms with E-state index >= 15 is 0 Å². The molecule has 2 rings (SSSR count). The van der Waals surface area contributed by atoms with Gasteiger partial charge in [-0.3, -0.25) is 0 Å². The first kappa shape index (κ1) is 14.5. The van der Waals surface area contributed by atoms with Crippen molar-refractivity contribution in [2.45, 2.75) is 13.1 Å². The molecule has 1 heterocycles. The highest BCUT2D eigenvalue weighted by Crippen LogP contribution is 2.31. The summed E-state index contributed by atoms with van der Waals surface area (Å²) in [6.45, 7) is 1.78. The quantitative estimate of drug-likeness (QED) is 0.513. The molecule has 19 heavy (non-hydrogen) atoms. The van der Waals surface area contributed by atoms with Crippen molar-refractivity contribution in [2.75, 3.05) is 0 Å². The predicted octanol–water partition coefficient (Wildman–Crippen LogP) is 4.73. The molecule has 0 saturated heterocycles. The Hall–Kier alpha value is -0.890. The van der Waals surface area contributed by atoms with Gasteiger partial charge in [0.25, 0.3) is 0 Å². The zero-order chi connectivity index (χ0) is 14.2. The second-order valence-electron chi connectivity index (χ2n) is 3.87. The van der Waals surface area contributed by atoms with Gasteiger partial charge in [0, 0.05) is 33.2 Å². The smallest absolute Gasteiger partial charge is 0.223 e. The fraction of sp³-hybridized carbons (Fsp3) is 0.167. The van der Waals surface area contributed by atoms with Gasteiger partial charge in [0.05, 0.1) is 5.69 Å². The van der Waals surface area contributed by atoms with Crippen LogP contribution in [-0.4, -0.2) is 9.97 Å². The summed E-state index contributed by atoms with van der Waals surface area (Å²) in [6, 6.07) is 5.90. The van der Waals surface area contributed by atoms with Crippen LogP contribution in [-0.2, 0) is 6.18 Å². The van der Waals surface area contributed by atoms with Gasteiger partial charge < -0.3 is 0 Å². The lowest BCUT2D eigenvalue weighted by Gasteiger charge is -2.09. The lowest BCUT2D eigenvalue weighted by molar-refractivity contribution is -0.141. The standard InChI is InChI=1S/C12H7ClF3IN2/c1-6-4-7(2-3-8(6)13)9-5-10(12(14,15)16)19-11(17)18-9/h2-5H,1H3. The van der Waals surface area contributed by atoms with E-state index in [0.29, 0.717) is 10.6 Å². The molecule has 0 aliphatic rings. The summed E-state index contributed by atoms with van der Waals surface area (Å²) in [4.78, 5) is 7.42. The normalized spacial score (nSPS) is 11.7. The molecule has 0 fully saturated rings. The molecule has 0 N–H and O–H groups in total. The fourth-order valence-electron chi connectivity index (χ4n) is 1.51. The van der Waals surface area contributed by atoms with Crippen LogP contribution in [0.15, 0.2) is 24.3 Å². The van der Waals surface area contributed by atoms with Crippen LogP contribution < -0.4 is 0 Å². The number of aromatic nitrogens is 2. The van der Waals surface area contributed by atoms with E-state index < -0.39 is 11.9 Å². The maximum atomic E-state index is 12.7. The first-order valence-electron chi connectivity index (χ1n) is 5.15. The Morgan fingerprint density at radius 1 is 1.16 bits per heavy atom. The minimum Gasteiger partial charge on any atom is -0.223 e. The molecule has 1 aromatic heterocycles. The van der Waals surface area contributed by atoms with Crippen molar-refractivity contribution in [3.8, 4) is 11.3 Å². The highest BCUT2D eigenvalue weighted by molar-refractivity contribution is 14.1. The molecular weight excluding hydrogens is 391 g/mol. The number of nitrogens with zero attached hydrogens (tertiary/aromatic N) is 2. The molecule has 0 amide bonds. The zero-order valence-electron chi connectivity index (χ0n) is 9.59. The van der Waals surface area contributed by atoms with Crippen LogP contribution in [0, 0.1) is 10.8 Å². The average Bonchev–Trinajstić information content (AvgIpc) is 2.31. The van der Waals surface area contributed by atoms with Gasteiger partial charge in [0.2, 0.25) is 0 Å². The average molecular weight is 399 g/mol. The number of aryl methyl sites for hydroxylation is 1. The van der Waals surface area contributed by atoms with E-state index in [4.69, 9.17) is 11.6 Å². The summed E-state index contributed by atoms with van der Waals surface area (Å²) in [5.74, 6) is 0. The van der Waals surface area contributed by atoms with Crippen LogP contribution in [0.3, 0.4) is 0 Å². The third-order valence-electron chi connectivity index (χ3n) is 2.44. The van der Waals surface area contributed by atoms with Crippen molar-refractivity contribution in [3.05, 3.63) is 44.4 Å². The second-order valence-corrected chi connectivity index (χ2v) is 5.24. The maximum Gasteiger partial charge on any atom is 0.433 e. The first-order valence-corrected chi connectivity index (χ1v) is 6.61. The molecule has 100 valence electrons. The number of hydrogen-bond donors (Lipinski definition) is 0. The molecule has 7 heteroatoms. The van der Waals surface area contributed by atoms with Gasteiger partial charge in [-0.05, 0) is 30.7 Å². The van der Waals surface area contributed by atoms with Crippen LogP contribution in [0.25, 0.3) is 11.3 Å². The van der Waals surface area contributed by atoms with Crippen molar-refractivity contribution in [2.24, 2.45) is 0 Å². The van der Waals surface area contributed by atoms with Crippen molar-refractivity contribution < 1.29 is 13.2 Å². The highest BCUT2D eigenvalue weighted by atomic mass is 127. The summed E-state index contributed by atoms with van der Waals surface area (Å²) < 4.78 is 38.1. The van der Waals surface area contributed by atoms with Gasteiger partial charge in [-0.2, -0.15) is 13.2 Å². The molecule has 0 saturated carbocycles. The molecule has 2 nitrogen and oxygen atoms in total. The van der Waals surface area contributed by atoms with Crippen LogP contribution in [0.2, 0.25) is 5.02 Å². The fourth-order valence-corrected chi connectivity index (χ4v) is 2.15. The summed E-state index contributed by atoms with van der Waals surface area (Å²) in [5.41, 5.74) is 0.634. The molecule has 0 atom stereocenters. The van der Waals surface area contributed by atoms with E-state index in [2.05, 4.69) is 9.97 Å². The number of hydrogen-bond acceptors (Lipinski definition) is 2. The number of benzene rings is 1. The third kappa shape index (κ3) is 3.36. The Morgan fingerprint density at radius 3 is 2.42 bits per heavy atom. The summed E-state index contributed by atoms with van der Waals surface area (Å²) in [6.07, 6.45) is -4.49. The Balaban J connectivity index is 2.56. The SMILES string of the molecule is Cc1cc(-c2cc(C(F)(F)F)nc(I)n2)ccc1Cl. The lowest BCUT2D eigenvalue weighted by Crippen LogP contribution is -2.10. The molecule has 1 aromatic carbocycles. The first-order chi connectivity index (χ1) is 8.77. The molecular formula is C12H7ClF3IN2. The lowest BCUT2D eigenvalue weighted by atomic mass is 10.1. The Morgan fingerprint density at radius 2 is 1.84 bits per heavy atom. The van der Waals surface area contributed by atoms with Gasteiger partial charge in [-0.25, -0.2) is 9.97 Å². The summed E-state index contributed by atoms with van der Waals surface area (Å²) in [5, 5.41) is 0.559. The molecule has 2 aromatic rings. The van der Waals surface area contributed by atoms with E-state index in [1.165, 1.54) is 0 Å². The summed E-state index contributed by atoms with van der Waals surface area (Å²) in [7, 11) is 0. The number of alkyl halides is 3. The highest BCUT2D eigenvalue weighted by Gasteiger charge is 2.33. The van der Waals surface area contributed by atoms with Gasteiger partial charge in [-0.15, -0.1) is 0 Å². The van der Waals surface area contributed by atoms with Crippen LogP contribution in [0.5, 0.6) is 0 Å². The molecule has 0 radical (unpaired) electrons. The molecule has 0 bridgehead atoms. The van der Waals surface area contributed by atoms with E-state index in [0.717, 1.165) is 11.6 Å². The van der Waals surface area contributed by atoms with Gasteiger partial charge in [0.1, 0.15) is 5.69 Å². The van der Waals surface area contributed by atoms with Crippen LogP contribution in [0.4, 0.5) is 13.2 Å². The van der Waals surface area contributed by atoms with Crippen molar-refractivity contribution in [1.82, 2.24) is 9.97 Å². The molecule has 0 aliphatic heterocycles. The Bertz CT molecular complexity index is 629. The van der Waals surface area contributed by atoms with Crippen molar-refractivity contribution in [3.63, 3.8) is 0 Å². The largest absolute Gasteiger partial charge is 0.433 e. The minimum absolute atomic E-state index is 0.0510. The zero-order valence-corrected chi connectivity index (χ0v) is 12.5. The van der Waals surface area contributed by atoms with E-state index in [1.807, 2.05) is 0 Å². The second kappa shape index (κ2) is 5.24. The Labute approximate surface area is 126 Å².